The molecule has 4 nitrogen and oxygen atoms in total. The second kappa shape index (κ2) is 8.47. The maximum absolute atomic E-state index is 13.6. The normalized spacial score (nSPS) is 18.5. The summed E-state index contributed by atoms with van der Waals surface area (Å²) in [6.07, 6.45) is -0.133. The molecule has 0 amide bonds. The van der Waals surface area contributed by atoms with E-state index < -0.39 is 6.23 Å². The summed E-state index contributed by atoms with van der Waals surface area (Å²) in [4.78, 5) is 13.6. The number of carbonyl (C=O) groups is 1. The Hall–Kier alpha value is -3.89. The van der Waals surface area contributed by atoms with Crippen molar-refractivity contribution in [3.63, 3.8) is 0 Å². The summed E-state index contributed by atoms with van der Waals surface area (Å²) in [5.41, 5.74) is 5.72. The standard InChI is InChI=1S/C29H21ClN2O2/c30-23-16-14-21(15-17-23)25-18-26-24-8-4-5-9-27(24)34-29(32(26)31-25)28(33)22-12-10-20(11-13-22)19-6-2-1-3-7-19/h1-17,26,29H,18H2/t26-,29-/m1/s1. The van der Waals surface area contributed by atoms with Crippen LogP contribution in [-0.4, -0.2) is 22.7 Å². The second-order valence-corrected chi connectivity index (χ2v) is 8.91. The van der Waals surface area contributed by atoms with Crippen molar-refractivity contribution < 1.29 is 9.53 Å². The van der Waals surface area contributed by atoms with Gasteiger partial charge in [-0.2, -0.15) is 5.10 Å². The fraction of sp³-hybridized carbons (Fsp3) is 0.103. The van der Waals surface area contributed by atoms with Crippen LogP contribution in [0.5, 0.6) is 5.75 Å². The van der Waals surface area contributed by atoms with Crippen LogP contribution in [0.2, 0.25) is 5.02 Å². The third-order valence-electron chi connectivity index (χ3n) is 6.38. The first-order valence-electron chi connectivity index (χ1n) is 11.2. The largest absolute Gasteiger partial charge is 0.461 e. The Kier molecular flexibility index (Phi) is 5.16. The Bertz CT molecular complexity index is 1380. The van der Waals surface area contributed by atoms with Gasteiger partial charge in [-0.25, -0.2) is 5.01 Å². The molecular weight excluding hydrogens is 444 g/mol. The van der Waals surface area contributed by atoms with Crippen LogP contribution in [-0.2, 0) is 0 Å². The van der Waals surface area contributed by atoms with Crippen molar-refractivity contribution in [1.82, 2.24) is 5.01 Å². The van der Waals surface area contributed by atoms with E-state index in [1.54, 1.807) is 0 Å². The Morgan fingerprint density at radius 3 is 2.21 bits per heavy atom. The van der Waals surface area contributed by atoms with Crippen molar-refractivity contribution in [3.8, 4) is 16.9 Å². The van der Waals surface area contributed by atoms with Crippen molar-refractivity contribution in [2.24, 2.45) is 5.10 Å². The van der Waals surface area contributed by atoms with Crippen LogP contribution < -0.4 is 4.74 Å². The van der Waals surface area contributed by atoms with Gasteiger partial charge in [0.15, 0.2) is 0 Å². The lowest BCUT2D eigenvalue weighted by atomic mass is 9.95. The molecule has 0 radical (unpaired) electrons. The van der Waals surface area contributed by atoms with Gasteiger partial charge in [0.2, 0.25) is 5.78 Å². The van der Waals surface area contributed by atoms with Crippen LogP contribution in [0, 0.1) is 0 Å². The number of ketones is 1. The quantitative estimate of drug-likeness (QED) is 0.313. The highest BCUT2D eigenvalue weighted by Gasteiger charge is 2.43. The van der Waals surface area contributed by atoms with Gasteiger partial charge >= 0.3 is 0 Å². The van der Waals surface area contributed by atoms with E-state index >= 15 is 0 Å². The zero-order valence-electron chi connectivity index (χ0n) is 18.3. The molecule has 0 saturated heterocycles. The van der Waals surface area contributed by atoms with Crippen molar-refractivity contribution in [1.29, 1.82) is 0 Å². The first-order valence-corrected chi connectivity index (χ1v) is 11.6. The monoisotopic (exact) mass is 464 g/mol. The maximum Gasteiger partial charge on any atom is 0.251 e. The van der Waals surface area contributed by atoms with Crippen LogP contribution in [0.3, 0.4) is 0 Å². The third-order valence-corrected chi connectivity index (χ3v) is 6.63. The average Bonchev–Trinajstić information content (AvgIpc) is 3.35. The first-order chi connectivity index (χ1) is 16.7. The molecule has 4 aromatic carbocycles. The SMILES string of the molecule is O=C(c1ccc(-c2ccccc2)cc1)[C@H]1Oc2ccccc2[C@H]2CC(c3ccc(Cl)cc3)=NN12. The number of halogens is 1. The van der Waals surface area contributed by atoms with E-state index in [9.17, 15) is 4.79 Å². The first kappa shape index (κ1) is 20.7. The fourth-order valence-electron chi connectivity index (χ4n) is 4.62. The number of fused-ring (bicyclic) bond motifs is 3. The number of para-hydroxylation sites is 1. The lowest BCUT2D eigenvalue weighted by Gasteiger charge is -2.37. The van der Waals surface area contributed by atoms with Crippen LogP contribution in [0.4, 0.5) is 0 Å². The number of carbonyl (C=O) groups excluding carboxylic acids is 1. The minimum atomic E-state index is -0.827. The molecule has 0 fully saturated rings. The van der Waals surface area contributed by atoms with Gasteiger partial charge in [0.05, 0.1) is 11.8 Å². The number of hydrogen-bond donors (Lipinski definition) is 0. The molecule has 34 heavy (non-hydrogen) atoms. The lowest BCUT2D eigenvalue weighted by Crippen LogP contribution is -2.45. The van der Waals surface area contributed by atoms with E-state index in [-0.39, 0.29) is 11.8 Å². The molecule has 0 aromatic heterocycles. The smallest absolute Gasteiger partial charge is 0.251 e. The van der Waals surface area contributed by atoms with Crippen molar-refractivity contribution in [2.75, 3.05) is 0 Å². The number of Topliss-reactive ketones (excluding diaryl/α,β-unsaturated/α-hetero) is 1. The molecule has 2 aliphatic rings. The van der Waals surface area contributed by atoms with Gasteiger partial charge in [-0.1, -0.05) is 96.5 Å². The van der Waals surface area contributed by atoms with E-state index in [4.69, 9.17) is 21.4 Å². The number of ether oxygens (including phenoxy) is 1. The molecule has 166 valence electrons. The Labute approximate surface area is 203 Å². The highest BCUT2D eigenvalue weighted by molar-refractivity contribution is 6.30. The van der Waals surface area contributed by atoms with Gasteiger partial charge in [-0.05, 0) is 34.9 Å². The topological polar surface area (TPSA) is 41.9 Å². The summed E-state index contributed by atoms with van der Waals surface area (Å²) in [5, 5.41) is 7.36. The molecule has 2 heterocycles. The second-order valence-electron chi connectivity index (χ2n) is 8.47. The van der Waals surface area contributed by atoms with E-state index in [0.717, 1.165) is 33.7 Å². The molecule has 0 unspecified atom stereocenters. The highest BCUT2D eigenvalue weighted by atomic mass is 35.5. The molecule has 0 aliphatic carbocycles. The van der Waals surface area contributed by atoms with Gasteiger partial charge in [0.1, 0.15) is 5.75 Å². The molecule has 0 bridgehead atoms. The molecule has 5 heteroatoms. The van der Waals surface area contributed by atoms with E-state index in [2.05, 4.69) is 12.1 Å². The molecular formula is C29H21ClN2O2. The van der Waals surface area contributed by atoms with Crippen LogP contribution >= 0.6 is 11.6 Å². The number of hydrogen-bond acceptors (Lipinski definition) is 4. The molecule has 6 rings (SSSR count). The summed E-state index contributed by atoms with van der Waals surface area (Å²) in [6, 6.07) is 33.3. The van der Waals surface area contributed by atoms with E-state index in [0.29, 0.717) is 17.0 Å². The van der Waals surface area contributed by atoms with E-state index in [1.807, 2.05) is 96.0 Å². The van der Waals surface area contributed by atoms with Gasteiger partial charge in [-0.3, -0.25) is 4.79 Å². The van der Waals surface area contributed by atoms with Crippen molar-refractivity contribution in [2.45, 2.75) is 18.7 Å². The minimum absolute atomic E-state index is 0.0619. The number of nitrogens with zero attached hydrogens (tertiary/aromatic N) is 2. The minimum Gasteiger partial charge on any atom is -0.461 e. The lowest BCUT2D eigenvalue weighted by molar-refractivity contribution is -0.00455. The number of rotatable bonds is 4. The van der Waals surface area contributed by atoms with Gasteiger partial charge in [0.25, 0.3) is 6.23 Å². The molecule has 2 atom stereocenters. The Balaban J connectivity index is 1.34. The third kappa shape index (κ3) is 3.66. The van der Waals surface area contributed by atoms with Crippen LogP contribution in [0.25, 0.3) is 11.1 Å². The van der Waals surface area contributed by atoms with Crippen molar-refractivity contribution >= 4 is 23.1 Å². The summed E-state index contributed by atoms with van der Waals surface area (Å²) >= 11 is 6.08. The van der Waals surface area contributed by atoms with Crippen LogP contribution in [0.1, 0.15) is 33.9 Å². The van der Waals surface area contributed by atoms with Gasteiger partial charge in [0, 0.05) is 22.6 Å². The molecule has 0 N–H and O–H groups in total. The molecule has 2 aliphatic heterocycles. The zero-order chi connectivity index (χ0) is 23.1. The summed E-state index contributed by atoms with van der Waals surface area (Å²) in [7, 11) is 0. The predicted octanol–water partition coefficient (Wildman–Crippen LogP) is 6.76. The average molecular weight is 465 g/mol. The number of benzene rings is 4. The number of hydrazone groups is 1. The Morgan fingerprint density at radius 2 is 1.44 bits per heavy atom. The molecule has 4 aromatic rings. The maximum atomic E-state index is 13.6. The van der Waals surface area contributed by atoms with Crippen molar-refractivity contribution in [3.05, 3.63) is 125 Å². The highest BCUT2D eigenvalue weighted by Crippen LogP contribution is 2.43. The molecule has 0 saturated carbocycles. The van der Waals surface area contributed by atoms with Gasteiger partial charge < -0.3 is 4.74 Å². The fourth-order valence-corrected chi connectivity index (χ4v) is 4.75. The Morgan fingerprint density at radius 1 is 0.794 bits per heavy atom. The summed E-state index contributed by atoms with van der Waals surface area (Å²) in [6.45, 7) is 0. The predicted molar refractivity (Wildman–Crippen MR) is 134 cm³/mol. The summed E-state index contributed by atoms with van der Waals surface area (Å²) < 4.78 is 6.23. The van der Waals surface area contributed by atoms with Gasteiger partial charge in [-0.15, -0.1) is 0 Å². The molecule has 0 spiro atoms. The van der Waals surface area contributed by atoms with E-state index in [1.165, 1.54) is 0 Å². The van der Waals surface area contributed by atoms with Crippen LogP contribution in [0.15, 0.2) is 108 Å². The zero-order valence-corrected chi connectivity index (χ0v) is 19.0. The summed E-state index contributed by atoms with van der Waals surface area (Å²) in [5.74, 6) is 0.621.